The van der Waals surface area contributed by atoms with E-state index in [1.807, 2.05) is 36.4 Å². The van der Waals surface area contributed by atoms with Gasteiger partial charge in [0.25, 0.3) is 0 Å². The molecule has 0 amide bonds. The zero-order valence-electron chi connectivity index (χ0n) is 11.3. The summed E-state index contributed by atoms with van der Waals surface area (Å²) in [6.45, 7) is 2.10. The highest BCUT2D eigenvalue weighted by Crippen LogP contribution is 2.25. The van der Waals surface area contributed by atoms with Crippen molar-refractivity contribution in [1.82, 2.24) is 15.5 Å². The Morgan fingerprint density at radius 3 is 2.60 bits per heavy atom. The van der Waals surface area contributed by atoms with Crippen molar-refractivity contribution < 1.29 is 4.42 Å². The van der Waals surface area contributed by atoms with Gasteiger partial charge in [-0.1, -0.05) is 30.3 Å². The third-order valence-corrected chi connectivity index (χ3v) is 3.37. The van der Waals surface area contributed by atoms with Crippen molar-refractivity contribution in [3.63, 3.8) is 0 Å². The van der Waals surface area contributed by atoms with E-state index < -0.39 is 0 Å². The summed E-state index contributed by atoms with van der Waals surface area (Å²) in [4.78, 5) is 0. The normalized spacial score (nSPS) is 14.1. The number of aromatic amines is 1. The lowest BCUT2D eigenvalue weighted by atomic mass is 10.0. The van der Waals surface area contributed by atoms with Gasteiger partial charge in [0, 0.05) is 12.2 Å². The van der Waals surface area contributed by atoms with E-state index in [0.29, 0.717) is 0 Å². The van der Waals surface area contributed by atoms with Gasteiger partial charge < -0.3 is 4.42 Å². The first-order chi connectivity index (χ1) is 9.84. The van der Waals surface area contributed by atoms with E-state index in [4.69, 9.17) is 4.42 Å². The predicted octanol–water partition coefficient (Wildman–Crippen LogP) is 3.44. The molecule has 102 valence electrons. The van der Waals surface area contributed by atoms with Crippen LogP contribution < -0.4 is 5.32 Å². The van der Waals surface area contributed by atoms with Crippen molar-refractivity contribution in [2.24, 2.45) is 0 Å². The van der Waals surface area contributed by atoms with Gasteiger partial charge in [0.05, 0.1) is 18.0 Å². The largest absolute Gasteiger partial charge is 0.467 e. The number of rotatable bonds is 5. The summed E-state index contributed by atoms with van der Waals surface area (Å²) in [5.74, 6) is 0.905. The molecule has 0 saturated carbocycles. The van der Waals surface area contributed by atoms with E-state index in [0.717, 1.165) is 11.5 Å². The molecular formula is C16H17N3O. The van der Waals surface area contributed by atoms with Gasteiger partial charge in [0.15, 0.2) is 0 Å². The van der Waals surface area contributed by atoms with E-state index in [2.05, 4.69) is 34.6 Å². The average molecular weight is 267 g/mol. The van der Waals surface area contributed by atoms with E-state index in [1.165, 1.54) is 5.56 Å². The second kappa shape index (κ2) is 5.75. The molecule has 0 fully saturated rings. The fraction of sp³-hybridized carbons (Fsp3) is 0.188. The summed E-state index contributed by atoms with van der Waals surface area (Å²) in [5, 5.41) is 10.6. The molecule has 0 aliphatic heterocycles. The molecule has 1 aromatic carbocycles. The van der Waals surface area contributed by atoms with Crippen LogP contribution in [0.5, 0.6) is 0 Å². The van der Waals surface area contributed by atoms with Gasteiger partial charge >= 0.3 is 0 Å². The lowest BCUT2D eigenvalue weighted by Crippen LogP contribution is -2.25. The minimum atomic E-state index is 0.0181. The van der Waals surface area contributed by atoms with Crippen molar-refractivity contribution in [2.45, 2.75) is 19.0 Å². The van der Waals surface area contributed by atoms with Gasteiger partial charge in [-0.25, -0.2) is 0 Å². The monoisotopic (exact) mass is 267 g/mol. The zero-order chi connectivity index (χ0) is 13.8. The summed E-state index contributed by atoms with van der Waals surface area (Å²) in [6.07, 6.45) is 3.46. The van der Waals surface area contributed by atoms with Gasteiger partial charge in [0.2, 0.25) is 0 Å². The van der Waals surface area contributed by atoms with Crippen LogP contribution in [0.2, 0.25) is 0 Å². The van der Waals surface area contributed by atoms with E-state index in [1.54, 1.807) is 12.5 Å². The summed E-state index contributed by atoms with van der Waals surface area (Å²) in [5.41, 5.74) is 2.23. The predicted molar refractivity (Wildman–Crippen MR) is 77.1 cm³/mol. The molecule has 0 aliphatic carbocycles. The Labute approximate surface area is 117 Å². The molecule has 3 rings (SSSR count). The summed E-state index contributed by atoms with van der Waals surface area (Å²) >= 11 is 0. The second-order valence-electron chi connectivity index (χ2n) is 4.76. The third-order valence-electron chi connectivity index (χ3n) is 3.37. The Bertz CT molecular complexity index is 617. The van der Waals surface area contributed by atoms with Gasteiger partial charge in [-0.05, 0) is 30.7 Å². The minimum Gasteiger partial charge on any atom is -0.467 e. The van der Waals surface area contributed by atoms with Crippen molar-refractivity contribution in [2.75, 3.05) is 0 Å². The lowest BCUT2D eigenvalue weighted by molar-refractivity contribution is 0.416. The number of furan rings is 1. The maximum Gasteiger partial charge on any atom is 0.125 e. The number of benzene rings is 1. The van der Waals surface area contributed by atoms with Crippen molar-refractivity contribution in [3.8, 4) is 0 Å². The Kier molecular flexibility index (Phi) is 3.65. The Morgan fingerprint density at radius 2 is 1.95 bits per heavy atom. The smallest absolute Gasteiger partial charge is 0.125 e. The van der Waals surface area contributed by atoms with Crippen LogP contribution in [0.3, 0.4) is 0 Å². The first-order valence-electron chi connectivity index (χ1n) is 6.68. The summed E-state index contributed by atoms with van der Waals surface area (Å²) < 4.78 is 5.58. The number of hydrogen-bond acceptors (Lipinski definition) is 3. The zero-order valence-corrected chi connectivity index (χ0v) is 11.3. The van der Waals surface area contributed by atoms with Gasteiger partial charge in [-0.3, -0.25) is 10.4 Å². The van der Waals surface area contributed by atoms with E-state index in [-0.39, 0.29) is 12.1 Å². The number of aromatic nitrogens is 2. The molecule has 0 saturated heterocycles. The molecule has 0 radical (unpaired) electrons. The highest BCUT2D eigenvalue weighted by Gasteiger charge is 2.20. The van der Waals surface area contributed by atoms with Gasteiger partial charge in [-0.2, -0.15) is 5.10 Å². The Hall–Kier alpha value is -2.33. The Morgan fingerprint density at radius 1 is 1.10 bits per heavy atom. The van der Waals surface area contributed by atoms with E-state index >= 15 is 0 Å². The van der Waals surface area contributed by atoms with Crippen molar-refractivity contribution in [1.29, 1.82) is 0 Å². The van der Waals surface area contributed by atoms with Gasteiger partial charge in [0.1, 0.15) is 5.76 Å². The first kappa shape index (κ1) is 12.7. The molecule has 3 aromatic rings. The molecule has 0 bridgehead atoms. The molecule has 20 heavy (non-hydrogen) atoms. The topological polar surface area (TPSA) is 53.9 Å². The maximum absolute atomic E-state index is 5.58. The number of nitrogens with zero attached hydrogens (tertiary/aromatic N) is 1. The van der Waals surface area contributed by atoms with Crippen LogP contribution in [0, 0.1) is 0 Å². The van der Waals surface area contributed by atoms with Crippen LogP contribution >= 0.6 is 0 Å². The highest BCUT2D eigenvalue weighted by molar-refractivity contribution is 5.27. The van der Waals surface area contributed by atoms with Crippen LogP contribution in [0.25, 0.3) is 0 Å². The third kappa shape index (κ3) is 2.65. The fourth-order valence-electron chi connectivity index (χ4n) is 2.29. The quantitative estimate of drug-likeness (QED) is 0.744. The molecule has 0 aliphatic rings. The van der Waals surface area contributed by atoms with Crippen LogP contribution in [0.15, 0.2) is 65.4 Å². The van der Waals surface area contributed by atoms with Crippen LogP contribution in [0.1, 0.15) is 36.0 Å². The molecular weight excluding hydrogens is 250 g/mol. The first-order valence-corrected chi connectivity index (χ1v) is 6.68. The summed E-state index contributed by atoms with van der Waals surface area (Å²) in [6, 6.07) is 16.3. The maximum atomic E-state index is 5.58. The molecule has 2 aromatic heterocycles. The Balaban J connectivity index is 1.87. The van der Waals surface area contributed by atoms with Crippen molar-refractivity contribution >= 4 is 0 Å². The molecule has 2 unspecified atom stereocenters. The summed E-state index contributed by atoms with van der Waals surface area (Å²) in [7, 11) is 0. The van der Waals surface area contributed by atoms with Crippen LogP contribution in [-0.2, 0) is 0 Å². The van der Waals surface area contributed by atoms with Crippen molar-refractivity contribution in [3.05, 3.63) is 78.0 Å². The molecule has 4 nitrogen and oxygen atoms in total. The number of H-pyrrole nitrogens is 1. The molecule has 0 spiro atoms. The van der Waals surface area contributed by atoms with E-state index in [9.17, 15) is 0 Å². The molecule has 2 atom stereocenters. The van der Waals surface area contributed by atoms with Crippen LogP contribution in [0.4, 0.5) is 0 Å². The SMILES string of the molecule is CC(NC(c1ccccc1)c1ccco1)c1ccn[nH]1. The lowest BCUT2D eigenvalue weighted by Gasteiger charge is -2.21. The standard InChI is InChI=1S/C16H17N3O/c1-12(14-9-10-17-19-14)18-16(15-8-5-11-20-15)13-6-3-2-4-7-13/h2-12,16,18H,1H3,(H,17,19). The van der Waals surface area contributed by atoms with Gasteiger partial charge in [-0.15, -0.1) is 0 Å². The molecule has 2 heterocycles. The van der Waals surface area contributed by atoms with Crippen LogP contribution in [-0.4, -0.2) is 10.2 Å². The minimum absolute atomic E-state index is 0.0181. The average Bonchev–Trinajstić information content (AvgIpc) is 3.18. The second-order valence-corrected chi connectivity index (χ2v) is 4.76. The number of hydrogen-bond donors (Lipinski definition) is 2. The number of nitrogens with one attached hydrogen (secondary N) is 2. The fourth-order valence-corrected chi connectivity index (χ4v) is 2.29. The molecule has 2 N–H and O–H groups in total. The molecule has 4 heteroatoms. The highest BCUT2D eigenvalue weighted by atomic mass is 16.3.